The van der Waals surface area contributed by atoms with Gasteiger partial charge in [0.1, 0.15) is 0 Å². The zero-order chi connectivity index (χ0) is 13.7. The van der Waals surface area contributed by atoms with Crippen LogP contribution >= 0.6 is 15.9 Å². The van der Waals surface area contributed by atoms with Crippen LogP contribution in [0.2, 0.25) is 0 Å². The number of aliphatic hydroxyl groups excluding tert-OH is 1. The maximum absolute atomic E-state index is 9.52. The van der Waals surface area contributed by atoms with E-state index in [1.54, 1.807) is 19.4 Å². The van der Waals surface area contributed by atoms with Gasteiger partial charge in [0.05, 0.1) is 19.8 Å². The molecule has 1 aromatic carbocycles. The van der Waals surface area contributed by atoms with E-state index in [0.29, 0.717) is 5.88 Å². The first-order valence-corrected chi connectivity index (χ1v) is 6.65. The molecule has 0 radical (unpaired) electrons. The quantitative estimate of drug-likeness (QED) is 0.888. The maximum atomic E-state index is 9.52. The van der Waals surface area contributed by atoms with E-state index in [4.69, 9.17) is 4.74 Å². The van der Waals surface area contributed by atoms with Crippen molar-refractivity contribution in [2.24, 2.45) is 0 Å². The molecular weight excluding hydrogens is 308 g/mol. The molecule has 1 atom stereocenters. The van der Waals surface area contributed by atoms with Crippen molar-refractivity contribution in [2.75, 3.05) is 19.0 Å². The molecule has 1 aromatic heterocycles. The van der Waals surface area contributed by atoms with Gasteiger partial charge in [-0.05, 0) is 39.7 Å². The average Bonchev–Trinajstić information content (AvgIpc) is 2.47. The Labute approximate surface area is 120 Å². The third-order valence-corrected chi connectivity index (χ3v) is 3.45. The van der Waals surface area contributed by atoms with E-state index < -0.39 is 0 Å². The summed E-state index contributed by atoms with van der Waals surface area (Å²) < 4.78 is 5.97. The lowest BCUT2D eigenvalue weighted by atomic mass is 10.1. The SMILES string of the molecule is COc1ccc(C(CO)Nc2ccccc2Br)cn1. The molecule has 0 amide bonds. The summed E-state index contributed by atoms with van der Waals surface area (Å²) in [5.41, 5.74) is 1.83. The van der Waals surface area contributed by atoms with Crippen molar-refractivity contribution in [2.45, 2.75) is 6.04 Å². The van der Waals surface area contributed by atoms with Crippen LogP contribution in [0.15, 0.2) is 47.1 Å². The van der Waals surface area contributed by atoms with Crippen molar-refractivity contribution < 1.29 is 9.84 Å². The van der Waals surface area contributed by atoms with Crippen LogP contribution in [0.3, 0.4) is 0 Å². The van der Waals surface area contributed by atoms with Crippen LogP contribution in [0.5, 0.6) is 5.88 Å². The largest absolute Gasteiger partial charge is 0.481 e. The van der Waals surface area contributed by atoms with Gasteiger partial charge < -0.3 is 15.2 Å². The lowest BCUT2D eigenvalue weighted by molar-refractivity contribution is 0.276. The fraction of sp³-hybridized carbons (Fsp3) is 0.214. The van der Waals surface area contributed by atoms with Gasteiger partial charge in [-0.2, -0.15) is 0 Å². The van der Waals surface area contributed by atoms with Crippen LogP contribution in [0.25, 0.3) is 0 Å². The molecule has 1 heterocycles. The van der Waals surface area contributed by atoms with Crippen molar-refractivity contribution in [3.63, 3.8) is 0 Å². The summed E-state index contributed by atoms with van der Waals surface area (Å²) in [6.45, 7) is -0.0185. The van der Waals surface area contributed by atoms with E-state index in [1.807, 2.05) is 30.3 Å². The summed E-state index contributed by atoms with van der Waals surface area (Å²) in [5, 5.41) is 12.8. The minimum absolute atomic E-state index is 0.0185. The van der Waals surface area contributed by atoms with Crippen LogP contribution in [0.4, 0.5) is 5.69 Å². The van der Waals surface area contributed by atoms with Gasteiger partial charge in [-0.25, -0.2) is 4.98 Å². The number of rotatable bonds is 5. The number of para-hydroxylation sites is 1. The number of halogens is 1. The normalized spacial score (nSPS) is 11.9. The molecule has 0 aliphatic carbocycles. The number of hydrogen-bond donors (Lipinski definition) is 2. The number of nitrogens with one attached hydrogen (secondary N) is 1. The minimum Gasteiger partial charge on any atom is -0.481 e. The summed E-state index contributed by atoms with van der Waals surface area (Å²) in [6.07, 6.45) is 1.70. The Kier molecular flexibility index (Phi) is 4.76. The first-order chi connectivity index (χ1) is 9.24. The maximum Gasteiger partial charge on any atom is 0.212 e. The van der Waals surface area contributed by atoms with Gasteiger partial charge in [-0.3, -0.25) is 0 Å². The van der Waals surface area contributed by atoms with Crippen LogP contribution in [0.1, 0.15) is 11.6 Å². The number of nitrogens with zero attached hydrogens (tertiary/aromatic N) is 1. The number of hydrogen-bond acceptors (Lipinski definition) is 4. The van der Waals surface area contributed by atoms with Crippen molar-refractivity contribution in [1.82, 2.24) is 4.98 Å². The zero-order valence-corrected chi connectivity index (χ0v) is 12.1. The van der Waals surface area contributed by atoms with E-state index in [1.165, 1.54) is 0 Å². The molecule has 100 valence electrons. The van der Waals surface area contributed by atoms with Gasteiger partial charge in [-0.1, -0.05) is 12.1 Å². The van der Waals surface area contributed by atoms with Crippen LogP contribution in [-0.4, -0.2) is 23.8 Å². The number of ether oxygens (including phenoxy) is 1. The summed E-state index contributed by atoms with van der Waals surface area (Å²) in [4.78, 5) is 4.15. The second-order valence-corrected chi connectivity index (χ2v) is 4.85. The number of anilines is 1. The summed E-state index contributed by atoms with van der Waals surface area (Å²) >= 11 is 3.47. The molecular formula is C14H15BrN2O2. The number of aliphatic hydroxyl groups is 1. The second-order valence-electron chi connectivity index (χ2n) is 3.99. The molecule has 0 saturated heterocycles. The minimum atomic E-state index is -0.211. The second kappa shape index (κ2) is 6.54. The highest BCUT2D eigenvalue weighted by atomic mass is 79.9. The van der Waals surface area contributed by atoms with Crippen LogP contribution < -0.4 is 10.1 Å². The van der Waals surface area contributed by atoms with Gasteiger partial charge >= 0.3 is 0 Å². The molecule has 2 rings (SSSR count). The smallest absolute Gasteiger partial charge is 0.212 e. The summed E-state index contributed by atoms with van der Waals surface area (Å²) in [5.74, 6) is 0.557. The van der Waals surface area contributed by atoms with Gasteiger partial charge in [0.15, 0.2) is 0 Å². The lowest BCUT2D eigenvalue weighted by Gasteiger charge is -2.18. The Morgan fingerprint density at radius 2 is 2.11 bits per heavy atom. The van der Waals surface area contributed by atoms with E-state index in [0.717, 1.165) is 15.7 Å². The predicted octanol–water partition coefficient (Wildman–Crippen LogP) is 3.00. The van der Waals surface area contributed by atoms with Crippen molar-refractivity contribution in [1.29, 1.82) is 0 Å². The number of aromatic nitrogens is 1. The van der Waals surface area contributed by atoms with E-state index in [2.05, 4.69) is 26.2 Å². The molecule has 0 fully saturated rings. The molecule has 0 bridgehead atoms. The van der Waals surface area contributed by atoms with Crippen LogP contribution in [0, 0.1) is 0 Å². The highest BCUT2D eigenvalue weighted by Gasteiger charge is 2.12. The Hall–Kier alpha value is -1.59. The standard InChI is InChI=1S/C14H15BrN2O2/c1-19-14-7-6-10(8-16-14)13(9-18)17-12-5-3-2-4-11(12)15/h2-8,13,17-18H,9H2,1H3. The molecule has 1 unspecified atom stereocenters. The molecule has 2 aromatic rings. The fourth-order valence-electron chi connectivity index (χ4n) is 1.72. The third kappa shape index (κ3) is 3.45. The molecule has 4 nitrogen and oxygen atoms in total. The predicted molar refractivity (Wildman–Crippen MR) is 78.4 cm³/mol. The summed E-state index contributed by atoms with van der Waals surface area (Å²) in [7, 11) is 1.57. The third-order valence-electron chi connectivity index (χ3n) is 2.76. The van der Waals surface area contributed by atoms with Gasteiger partial charge in [0.25, 0.3) is 0 Å². The number of methoxy groups -OCH3 is 1. The lowest BCUT2D eigenvalue weighted by Crippen LogP contribution is -2.15. The van der Waals surface area contributed by atoms with Gasteiger partial charge in [0, 0.05) is 22.4 Å². The number of pyridine rings is 1. The average molecular weight is 323 g/mol. The van der Waals surface area contributed by atoms with Gasteiger partial charge in [0.2, 0.25) is 5.88 Å². The van der Waals surface area contributed by atoms with E-state index in [9.17, 15) is 5.11 Å². The summed E-state index contributed by atoms with van der Waals surface area (Å²) in [6, 6.07) is 11.2. The molecule has 19 heavy (non-hydrogen) atoms. The Morgan fingerprint density at radius 1 is 1.32 bits per heavy atom. The monoisotopic (exact) mass is 322 g/mol. The van der Waals surface area contributed by atoms with Crippen molar-refractivity contribution in [3.8, 4) is 5.88 Å². The Bertz CT molecular complexity index is 531. The molecule has 2 N–H and O–H groups in total. The van der Waals surface area contributed by atoms with Crippen molar-refractivity contribution in [3.05, 3.63) is 52.6 Å². The first-order valence-electron chi connectivity index (χ1n) is 5.86. The molecule has 0 aliphatic rings. The van der Waals surface area contributed by atoms with Crippen LogP contribution in [-0.2, 0) is 0 Å². The first kappa shape index (κ1) is 13.8. The Morgan fingerprint density at radius 3 is 2.68 bits per heavy atom. The zero-order valence-electron chi connectivity index (χ0n) is 10.5. The molecule has 0 aliphatic heterocycles. The topological polar surface area (TPSA) is 54.4 Å². The van der Waals surface area contributed by atoms with Crippen molar-refractivity contribution >= 4 is 21.6 Å². The van der Waals surface area contributed by atoms with E-state index >= 15 is 0 Å². The molecule has 5 heteroatoms. The van der Waals surface area contributed by atoms with E-state index in [-0.39, 0.29) is 12.6 Å². The van der Waals surface area contributed by atoms with Gasteiger partial charge in [-0.15, -0.1) is 0 Å². The highest BCUT2D eigenvalue weighted by molar-refractivity contribution is 9.10. The highest BCUT2D eigenvalue weighted by Crippen LogP contribution is 2.26. The Balaban J connectivity index is 2.17. The molecule has 0 spiro atoms. The molecule has 0 saturated carbocycles. The fourth-order valence-corrected chi connectivity index (χ4v) is 2.12. The number of benzene rings is 1.